The molecule has 2 N–H and O–H groups in total. The van der Waals surface area contributed by atoms with Crippen molar-refractivity contribution < 1.29 is 4.74 Å². The molecule has 1 fully saturated rings. The van der Waals surface area contributed by atoms with Crippen LogP contribution in [0, 0.1) is 6.92 Å². The van der Waals surface area contributed by atoms with Crippen LogP contribution in [-0.4, -0.2) is 41.6 Å². The fourth-order valence-electron chi connectivity index (χ4n) is 2.93. The Labute approximate surface area is 115 Å². The summed E-state index contributed by atoms with van der Waals surface area (Å²) in [5.41, 5.74) is 8.14. The van der Waals surface area contributed by atoms with Crippen LogP contribution in [0.25, 0.3) is 0 Å². The molecule has 19 heavy (non-hydrogen) atoms. The predicted molar refractivity (Wildman–Crippen MR) is 77.5 cm³/mol. The SMILES string of the molecule is CCC1COC(C)CN1c1c(CCN)c(C)nn1C. The van der Waals surface area contributed by atoms with E-state index in [0.717, 1.165) is 31.7 Å². The molecule has 5 heteroatoms. The second-order valence-electron chi connectivity index (χ2n) is 5.41. The normalized spacial score (nSPS) is 23.9. The molecule has 0 aromatic carbocycles. The summed E-state index contributed by atoms with van der Waals surface area (Å²) in [6.45, 7) is 8.79. The zero-order valence-corrected chi connectivity index (χ0v) is 12.5. The van der Waals surface area contributed by atoms with E-state index in [1.807, 2.05) is 11.7 Å². The molecular formula is C14H26N4O. The molecule has 2 rings (SSSR count). The lowest BCUT2D eigenvalue weighted by molar-refractivity contribution is 0.0292. The van der Waals surface area contributed by atoms with Crippen LogP contribution in [0.5, 0.6) is 0 Å². The van der Waals surface area contributed by atoms with Crippen molar-refractivity contribution in [3.8, 4) is 0 Å². The Morgan fingerprint density at radius 2 is 2.21 bits per heavy atom. The molecule has 2 atom stereocenters. The third-order valence-corrected chi connectivity index (χ3v) is 3.92. The van der Waals surface area contributed by atoms with Crippen LogP contribution >= 0.6 is 0 Å². The van der Waals surface area contributed by atoms with Gasteiger partial charge in [0.1, 0.15) is 5.82 Å². The van der Waals surface area contributed by atoms with Crippen LogP contribution in [0.3, 0.4) is 0 Å². The molecule has 0 aliphatic carbocycles. The molecule has 1 saturated heterocycles. The van der Waals surface area contributed by atoms with Gasteiger partial charge in [0.05, 0.1) is 24.4 Å². The van der Waals surface area contributed by atoms with Crippen molar-refractivity contribution in [1.82, 2.24) is 9.78 Å². The van der Waals surface area contributed by atoms with Crippen molar-refractivity contribution in [3.05, 3.63) is 11.3 Å². The summed E-state index contributed by atoms with van der Waals surface area (Å²) < 4.78 is 7.78. The first-order chi connectivity index (χ1) is 9.08. The van der Waals surface area contributed by atoms with Crippen molar-refractivity contribution in [2.24, 2.45) is 12.8 Å². The highest BCUT2D eigenvalue weighted by Crippen LogP contribution is 2.28. The highest BCUT2D eigenvalue weighted by atomic mass is 16.5. The van der Waals surface area contributed by atoms with E-state index in [1.54, 1.807) is 0 Å². The quantitative estimate of drug-likeness (QED) is 0.890. The predicted octanol–water partition coefficient (Wildman–Crippen LogP) is 1.23. The summed E-state index contributed by atoms with van der Waals surface area (Å²) in [5.74, 6) is 1.23. The number of rotatable bonds is 4. The Balaban J connectivity index is 2.37. The molecule has 0 saturated carbocycles. The summed E-state index contributed by atoms with van der Waals surface area (Å²) in [6.07, 6.45) is 2.24. The monoisotopic (exact) mass is 266 g/mol. The van der Waals surface area contributed by atoms with Crippen molar-refractivity contribution in [2.75, 3.05) is 24.6 Å². The van der Waals surface area contributed by atoms with E-state index >= 15 is 0 Å². The maximum Gasteiger partial charge on any atom is 0.130 e. The Bertz CT molecular complexity index is 429. The van der Waals surface area contributed by atoms with E-state index in [4.69, 9.17) is 10.5 Å². The average Bonchev–Trinajstić information content (AvgIpc) is 2.65. The lowest BCUT2D eigenvalue weighted by Gasteiger charge is -2.40. The molecule has 1 aliphatic heterocycles. The summed E-state index contributed by atoms with van der Waals surface area (Å²) in [5, 5.41) is 4.58. The number of hydrogen-bond donors (Lipinski definition) is 1. The number of anilines is 1. The van der Waals surface area contributed by atoms with Crippen LogP contribution in [0.1, 0.15) is 31.5 Å². The van der Waals surface area contributed by atoms with E-state index in [-0.39, 0.29) is 6.10 Å². The molecule has 2 unspecified atom stereocenters. The molecule has 2 heterocycles. The van der Waals surface area contributed by atoms with Gasteiger partial charge in [0, 0.05) is 19.2 Å². The largest absolute Gasteiger partial charge is 0.375 e. The Morgan fingerprint density at radius 1 is 1.47 bits per heavy atom. The number of morpholine rings is 1. The Morgan fingerprint density at radius 3 is 2.84 bits per heavy atom. The first-order valence-electron chi connectivity index (χ1n) is 7.19. The molecule has 0 amide bonds. The maximum atomic E-state index is 5.78. The van der Waals surface area contributed by atoms with Crippen LogP contribution in [0.2, 0.25) is 0 Å². The summed E-state index contributed by atoms with van der Waals surface area (Å²) in [4.78, 5) is 2.46. The average molecular weight is 266 g/mol. The van der Waals surface area contributed by atoms with Crippen molar-refractivity contribution >= 4 is 5.82 Å². The third kappa shape index (κ3) is 2.77. The molecule has 0 radical (unpaired) electrons. The summed E-state index contributed by atoms with van der Waals surface area (Å²) in [7, 11) is 2.02. The molecule has 108 valence electrons. The second-order valence-corrected chi connectivity index (χ2v) is 5.41. The molecule has 0 bridgehead atoms. The van der Waals surface area contributed by atoms with Gasteiger partial charge in [-0.1, -0.05) is 6.92 Å². The first kappa shape index (κ1) is 14.3. The van der Waals surface area contributed by atoms with Gasteiger partial charge < -0.3 is 15.4 Å². The van der Waals surface area contributed by atoms with Crippen molar-refractivity contribution in [3.63, 3.8) is 0 Å². The van der Waals surface area contributed by atoms with Gasteiger partial charge in [0.25, 0.3) is 0 Å². The molecule has 1 aromatic rings. The minimum atomic E-state index is 0.267. The van der Waals surface area contributed by atoms with Gasteiger partial charge in [-0.25, -0.2) is 0 Å². The van der Waals surface area contributed by atoms with Gasteiger partial charge in [0.2, 0.25) is 0 Å². The smallest absolute Gasteiger partial charge is 0.130 e. The van der Waals surface area contributed by atoms with Gasteiger partial charge in [-0.05, 0) is 33.2 Å². The minimum absolute atomic E-state index is 0.267. The fraction of sp³-hybridized carbons (Fsp3) is 0.786. The lowest BCUT2D eigenvalue weighted by Crippen LogP contribution is -2.49. The molecule has 1 aromatic heterocycles. The van der Waals surface area contributed by atoms with Gasteiger partial charge in [0.15, 0.2) is 0 Å². The van der Waals surface area contributed by atoms with Gasteiger partial charge in [-0.3, -0.25) is 4.68 Å². The maximum absolute atomic E-state index is 5.78. The van der Waals surface area contributed by atoms with E-state index < -0.39 is 0 Å². The topological polar surface area (TPSA) is 56.3 Å². The zero-order chi connectivity index (χ0) is 14.0. The highest BCUT2D eigenvalue weighted by Gasteiger charge is 2.30. The first-order valence-corrected chi connectivity index (χ1v) is 7.19. The van der Waals surface area contributed by atoms with E-state index in [2.05, 4.69) is 30.8 Å². The van der Waals surface area contributed by atoms with Crippen LogP contribution in [0.15, 0.2) is 0 Å². The number of hydrogen-bond acceptors (Lipinski definition) is 4. The zero-order valence-electron chi connectivity index (χ0n) is 12.5. The van der Waals surface area contributed by atoms with Crippen LogP contribution in [-0.2, 0) is 18.2 Å². The summed E-state index contributed by atoms with van der Waals surface area (Å²) in [6, 6.07) is 0.433. The molecular weight excluding hydrogens is 240 g/mol. The fourth-order valence-corrected chi connectivity index (χ4v) is 2.93. The summed E-state index contributed by atoms with van der Waals surface area (Å²) >= 11 is 0. The number of aromatic nitrogens is 2. The van der Waals surface area contributed by atoms with Gasteiger partial charge in [-0.2, -0.15) is 5.10 Å². The lowest BCUT2D eigenvalue weighted by atomic mass is 10.1. The number of nitrogens with two attached hydrogens (primary N) is 1. The van der Waals surface area contributed by atoms with Gasteiger partial charge in [-0.15, -0.1) is 0 Å². The number of ether oxygens (including phenoxy) is 1. The second kappa shape index (κ2) is 5.92. The van der Waals surface area contributed by atoms with Crippen molar-refractivity contribution in [1.29, 1.82) is 0 Å². The molecule has 5 nitrogen and oxygen atoms in total. The van der Waals surface area contributed by atoms with Crippen molar-refractivity contribution in [2.45, 2.75) is 45.8 Å². The van der Waals surface area contributed by atoms with Crippen LogP contribution < -0.4 is 10.6 Å². The highest BCUT2D eigenvalue weighted by molar-refractivity contribution is 5.51. The van der Waals surface area contributed by atoms with Crippen LogP contribution in [0.4, 0.5) is 5.82 Å². The number of aryl methyl sites for hydroxylation is 2. The Hall–Kier alpha value is -1.07. The van der Waals surface area contributed by atoms with E-state index in [9.17, 15) is 0 Å². The van der Waals surface area contributed by atoms with Gasteiger partial charge >= 0.3 is 0 Å². The molecule has 0 spiro atoms. The third-order valence-electron chi connectivity index (χ3n) is 3.92. The van der Waals surface area contributed by atoms with E-state index in [1.165, 1.54) is 11.4 Å². The number of nitrogens with zero attached hydrogens (tertiary/aromatic N) is 3. The van der Waals surface area contributed by atoms with E-state index in [0.29, 0.717) is 12.6 Å². The standard InChI is InChI=1S/C14H26N4O/c1-5-12-9-19-10(2)8-18(12)14-13(6-7-15)11(3)16-17(14)4/h10,12H,5-9,15H2,1-4H3. The Kier molecular flexibility index (Phi) is 4.47. The minimum Gasteiger partial charge on any atom is -0.375 e. The molecule has 1 aliphatic rings.